The Morgan fingerprint density at radius 3 is 2.95 bits per heavy atom. The summed E-state index contributed by atoms with van der Waals surface area (Å²) < 4.78 is 7.04. The highest BCUT2D eigenvalue weighted by molar-refractivity contribution is 7.09. The second kappa shape index (κ2) is 8.10. The van der Waals surface area contributed by atoms with Crippen LogP contribution in [0.25, 0.3) is 0 Å². The lowest BCUT2D eigenvalue weighted by atomic mass is 10.2. The number of methoxy groups -OCH3 is 1. The molecule has 6 heteroatoms. The standard InChI is InChI=1S/C16H23N3O2S/c1-4-7-19-13(2)15(11-17-19)16(20)18(8-9-21-3)12-14-6-5-10-22-14/h5-6,10-11H,4,7-9,12H2,1-3H3. The van der Waals surface area contributed by atoms with Crippen LogP contribution in [-0.4, -0.2) is 40.8 Å². The third kappa shape index (κ3) is 3.96. The summed E-state index contributed by atoms with van der Waals surface area (Å²) >= 11 is 1.66. The number of ether oxygens (including phenoxy) is 1. The molecule has 0 saturated heterocycles. The van der Waals surface area contributed by atoms with Crippen molar-refractivity contribution in [2.45, 2.75) is 33.4 Å². The molecule has 2 heterocycles. The molecule has 0 aliphatic rings. The van der Waals surface area contributed by atoms with Gasteiger partial charge in [0.05, 0.1) is 24.9 Å². The second-order valence-corrected chi connectivity index (χ2v) is 6.20. The zero-order chi connectivity index (χ0) is 15.9. The quantitative estimate of drug-likeness (QED) is 0.751. The van der Waals surface area contributed by atoms with Crippen molar-refractivity contribution in [3.63, 3.8) is 0 Å². The molecule has 0 saturated carbocycles. The van der Waals surface area contributed by atoms with Crippen LogP contribution in [0.3, 0.4) is 0 Å². The Morgan fingerprint density at radius 2 is 2.32 bits per heavy atom. The van der Waals surface area contributed by atoms with Crippen molar-refractivity contribution in [2.75, 3.05) is 20.3 Å². The first-order chi connectivity index (χ1) is 10.7. The molecule has 0 N–H and O–H groups in total. The molecule has 0 bridgehead atoms. The van der Waals surface area contributed by atoms with Crippen LogP contribution in [0.4, 0.5) is 0 Å². The average molecular weight is 321 g/mol. The Hall–Kier alpha value is -1.66. The van der Waals surface area contributed by atoms with E-state index in [1.165, 1.54) is 4.88 Å². The molecule has 120 valence electrons. The van der Waals surface area contributed by atoms with Gasteiger partial charge < -0.3 is 9.64 Å². The van der Waals surface area contributed by atoms with Gasteiger partial charge in [0, 0.05) is 30.8 Å². The van der Waals surface area contributed by atoms with Crippen molar-refractivity contribution >= 4 is 17.2 Å². The SMILES string of the molecule is CCCn1ncc(C(=O)N(CCOC)Cc2cccs2)c1C. The molecular formula is C16H23N3O2S. The van der Waals surface area contributed by atoms with Crippen LogP contribution < -0.4 is 0 Å². The van der Waals surface area contributed by atoms with Crippen LogP contribution in [0, 0.1) is 6.92 Å². The van der Waals surface area contributed by atoms with Gasteiger partial charge in [-0.1, -0.05) is 13.0 Å². The summed E-state index contributed by atoms with van der Waals surface area (Å²) in [6, 6.07) is 4.05. The minimum Gasteiger partial charge on any atom is -0.383 e. The summed E-state index contributed by atoms with van der Waals surface area (Å²) in [5.41, 5.74) is 1.61. The molecular weight excluding hydrogens is 298 g/mol. The summed E-state index contributed by atoms with van der Waals surface area (Å²) in [5, 5.41) is 6.35. The van der Waals surface area contributed by atoms with Gasteiger partial charge in [-0.05, 0) is 24.8 Å². The maximum atomic E-state index is 12.8. The van der Waals surface area contributed by atoms with Crippen LogP contribution in [0.1, 0.15) is 34.3 Å². The number of thiophene rings is 1. The number of nitrogens with zero attached hydrogens (tertiary/aromatic N) is 3. The van der Waals surface area contributed by atoms with Crippen molar-refractivity contribution in [2.24, 2.45) is 0 Å². The van der Waals surface area contributed by atoms with Crippen molar-refractivity contribution in [1.29, 1.82) is 0 Å². The number of aromatic nitrogens is 2. The van der Waals surface area contributed by atoms with Gasteiger partial charge in [0.1, 0.15) is 0 Å². The van der Waals surface area contributed by atoms with E-state index < -0.39 is 0 Å². The van der Waals surface area contributed by atoms with E-state index in [4.69, 9.17) is 4.74 Å². The molecule has 2 rings (SSSR count). The molecule has 0 atom stereocenters. The molecule has 0 aliphatic carbocycles. The molecule has 1 amide bonds. The van der Waals surface area contributed by atoms with E-state index in [1.807, 2.05) is 34.0 Å². The Labute approximate surface area is 135 Å². The average Bonchev–Trinajstić information content (AvgIpc) is 3.14. The van der Waals surface area contributed by atoms with Gasteiger partial charge in [0.15, 0.2) is 0 Å². The molecule has 2 aromatic rings. The number of carbonyl (C=O) groups is 1. The monoisotopic (exact) mass is 321 g/mol. The number of hydrogen-bond acceptors (Lipinski definition) is 4. The largest absolute Gasteiger partial charge is 0.383 e. The van der Waals surface area contributed by atoms with Crippen molar-refractivity contribution < 1.29 is 9.53 Å². The molecule has 22 heavy (non-hydrogen) atoms. The fourth-order valence-electron chi connectivity index (χ4n) is 2.31. The molecule has 0 fully saturated rings. The lowest BCUT2D eigenvalue weighted by Gasteiger charge is -2.21. The zero-order valence-corrected chi connectivity index (χ0v) is 14.2. The van der Waals surface area contributed by atoms with Crippen LogP contribution in [0.15, 0.2) is 23.7 Å². The van der Waals surface area contributed by atoms with Crippen LogP contribution >= 0.6 is 11.3 Å². The fourth-order valence-corrected chi connectivity index (χ4v) is 3.03. The van der Waals surface area contributed by atoms with Gasteiger partial charge in [-0.25, -0.2) is 0 Å². The highest BCUT2D eigenvalue weighted by Crippen LogP contribution is 2.16. The van der Waals surface area contributed by atoms with E-state index in [0.29, 0.717) is 25.3 Å². The van der Waals surface area contributed by atoms with E-state index in [9.17, 15) is 4.79 Å². The minimum atomic E-state index is 0.0188. The summed E-state index contributed by atoms with van der Waals surface area (Å²) in [6.45, 7) is 6.60. The van der Waals surface area contributed by atoms with Gasteiger partial charge in [0.2, 0.25) is 0 Å². The van der Waals surface area contributed by atoms with Gasteiger partial charge in [-0.15, -0.1) is 11.3 Å². The zero-order valence-electron chi connectivity index (χ0n) is 13.4. The maximum absolute atomic E-state index is 12.8. The predicted molar refractivity (Wildman–Crippen MR) is 88.2 cm³/mol. The second-order valence-electron chi connectivity index (χ2n) is 5.17. The molecule has 0 unspecified atom stereocenters. The lowest BCUT2D eigenvalue weighted by Crippen LogP contribution is -2.33. The summed E-state index contributed by atoms with van der Waals surface area (Å²) in [6.07, 6.45) is 2.68. The number of hydrogen-bond donors (Lipinski definition) is 0. The number of amides is 1. The van der Waals surface area contributed by atoms with Gasteiger partial charge in [-0.3, -0.25) is 9.48 Å². The minimum absolute atomic E-state index is 0.0188. The molecule has 0 aromatic carbocycles. The Bertz CT molecular complexity index is 593. The first kappa shape index (κ1) is 16.7. The van der Waals surface area contributed by atoms with Crippen LogP contribution in [0.5, 0.6) is 0 Å². The van der Waals surface area contributed by atoms with E-state index in [1.54, 1.807) is 24.6 Å². The van der Waals surface area contributed by atoms with Gasteiger partial charge in [0.25, 0.3) is 5.91 Å². The molecule has 0 aliphatic heterocycles. The van der Waals surface area contributed by atoms with Crippen molar-refractivity contribution in [3.8, 4) is 0 Å². The Balaban J connectivity index is 2.17. The van der Waals surface area contributed by atoms with E-state index in [-0.39, 0.29) is 5.91 Å². The smallest absolute Gasteiger partial charge is 0.257 e. The first-order valence-electron chi connectivity index (χ1n) is 7.50. The normalized spacial score (nSPS) is 10.9. The third-order valence-corrected chi connectivity index (χ3v) is 4.41. The van der Waals surface area contributed by atoms with Crippen molar-refractivity contribution in [3.05, 3.63) is 39.8 Å². The Kier molecular flexibility index (Phi) is 6.15. The van der Waals surface area contributed by atoms with Crippen LogP contribution in [-0.2, 0) is 17.8 Å². The molecule has 0 spiro atoms. The van der Waals surface area contributed by atoms with E-state index >= 15 is 0 Å². The predicted octanol–water partition coefficient (Wildman–Crippen LogP) is 2.95. The first-order valence-corrected chi connectivity index (χ1v) is 8.38. The molecule has 0 radical (unpaired) electrons. The highest BCUT2D eigenvalue weighted by Gasteiger charge is 2.21. The topological polar surface area (TPSA) is 47.4 Å². The third-order valence-electron chi connectivity index (χ3n) is 3.55. The number of aryl methyl sites for hydroxylation is 1. The number of rotatable bonds is 8. The van der Waals surface area contributed by atoms with Gasteiger partial charge >= 0.3 is 0 Å². The fraction of sp³-hybridized carbons (Fsp3) is 0.500. The number of carbonyl (C=O) groups excluding carboxylic acids is 1. The Morgan fingerprint density at radius 1 is 1.50 bits per heavy atom. The van der Waals surface area contributed by atoms with Crippen LogP contribution in [0.2, 0.25) is 0 Å². The van der Waals surface area contributed by atoms with E-state index in [2.05, 4.69) is 12.0 Å². The highest BCUT2D eigenvalue weighted by atomic mass is 32.1. The van der Waals surface area contributed by atoms with Crippen molar-refractivity contribution in [1.82, 2.24) is 14.7 Å². The summed E-state index contributed by atoms with van der Waals surface area (Å²) in [7, 11) is 1.65. The summed E-state index contributed by atoms with van der Waals surface area (Å²) in [5.74, 6) is 0.0188. The molecule has 2 aromatic heterocycles. The molecule has 5 nitrogen and oxygen atoms in total. The lowest BCUT2D eigenvalue weighted by molar-refractivity contribution is 0.0681. The van der Waals surface area contributed by atoms with E-state index in [0.717, 1.165) is 18.7 Å². The summed E-state index contributed by atoms with van der Waals surface area (Å²) in [4.78, 5) is 15.8. The van der Waals surface area contributed by atoms with Gasteiger partial charge in [-0.2, -0.15) is 5.10 Å². The maximum Gasteiger partial charge on any atom is 0.257 e.